The van der Waals surface area contributed by atoms with Gasteiger partial charge in [-0.05, 0) is 68.6 Å². The normalized spacial score (nSPS) is 31.4. The van der Waals surface area contributed by atoms with E-state index in [9.17, 15) is 28.4 Å². The topological polar surface area (TPSA) is 125 Å². The Morgan fingerprint density at radius 1 is 1.24 bits per heavy atom. The van der Waals surface area contributed by atoms with Crippen molar-refractivity contribution >= 4 is 56.1 Å². The third kappa shape index (κ3) is 5.85. The zero-order valence-electron chi connectivity index (χ0n) is 24.6. The van der Waals surface area contributed by atoms with Crippen molar-refractivity contribution in [2.24, 2.45) is 28.6 Å². The van der Waals surface area contributed by atoms with Gasteiger partial charge in [0.2, 0.25) is 17.7 Å². The van der Waals surface area contributed by atoms with Gasteiger partial charge in [-0.1, -0.05) is 40.7 Å². The van der Waals surface area contributed by atoms with Crippen molar-refractivity contribution in [1.29, 1.82) is 0 Å². The molecule has 2 saturated heterocycles. The van der Waals surface area contributed by atoms with Crippen molar-refractivity contribution in [3.05, 3.63) is 34.1 Å². The molecule has 5 rings (SSSR count). The molecule has 1 aromatic carbocycles. The molecule has 3 N–H and O–H groups in total. The molecule has 4 amide bonds. The Morgan fingerprint density at radius 2 is 1.95 bits per heavy atom. The van der Waals surface area contributed by atoms with Crippen LogP contribution in [0.4, 0.5) is 9.18 Å². The molecule has 2 heterocycles. The molecular formula is C30H40BrFN4O5S. The number of carbonyl (C=O) groups excluding carboxylic acids is 5. The van der Waals surface area contributed by atoms with Crippen molar-refractivity contribution in [3.8, 4) is 0 Å². The molecule has 0 radical (unpaired) electrons. The first-order valence-corrected chi connectivity index (χ1v) is 17.0. The minimum Gasteiger partial charge on any atom is -0.348 e. The molecule has 230 valence electrons. The first-order chi connectivity index (χ1) is 19.6. The summed E-state index contributed by atoms with van der Waals surface area (Å²) in [4.78, 5) is 66.7. The van der Waals surface area contributed by atoms with Crippen molar-refractivity contribution in [1.82, 2.24) is 20.9 Å². The molecule has 2 saturated carbocycles. The number of rotatable bonds is 9. The minimum atomic E-state index is -1.04. The fourth-order valence-electron chi connectivity index (χ4n) is 6.79. The molecule has 1 unspecified atom stereocenters. The van der Waals surface area contributed by atoms with E-state index in [0.717, 1.165) is 5.56 Å². The van der Waals surface area contributed by atoms with E-state index < -0.39 is 40.3 Å². The number of fused-ring (bicyclic) bond motifs is 1. The predicted octanol–water partition coefficient (Wildman–Crippen LogP) is 3.11. The highest BCUT2D eigenvalue weighted by Gasteiger charge is 2.70. The molecular weight excluding hydrogens is 627 g/mol. The van der Waals surface area contributed by atoms with Gasteiger partial charge in [0.25, 0.3) is 5.24 Å². The van der Waals surface area contributed by atoms with Crippen LogP contribution in [0.15, 0.2) is 22.7 Å². The molecule has 42 heavy (non-hydrogen) atoms. The lowest BCUT2D eigenvalue weighted by molar-refractivity contribution is -0.146. The number of thiol groups is 1. The van der Waals surface area contributed by atoms with E-state index in [1.165, 1.54) is 6.07 Å². The Balaban J connectivity index is 1.29. The number of piperidine rings is 1. The Bertz CT molecular complexity index is 1320. The van der Waals surface area contributed by atoms with Gasteiger partial charge in [-0.3, -0.25) is 19.2 Å². The number of hydrogen-bond donors (Lipinski definition) is 4. The van der Waals surface area contributed by atoms with Crippen LogP contribution in [-0.2, 0) is 19.2 Å². The van der Waals surface area contributed by atoms with Gasteiger partial charge >= 0.3 is 0 Å². The highest BCUT2D eigenvalue weighted by molar-refractivity contribution is 9.10. The largest absolute Gasteiger partial charge is 0.348 e. The predicted molar refractivity (Wildman–Crippen MR) is 163 cm³/mol. The zero-order valence-corrected chi connectivity index (χ0v) is 27.1. The lowest BCUT2D eigenvalue weighted by atomic mass is 9.85. The van der Waals surface area contributed by atoms with Gasteiger partial charge in [-0.25, -0.2) is 4.39 Å². The second-order valence-corrected chi connectivity index (χ2v) is 16.9. The summed E-state index contributed by atoms with van der Waals surface area (Å²) in [5.41, 5.74) is -0.0325. The van der Waals surface area contributed by atoms with E-state index in [1.807, 2.05) is 20.8 Å². The molecule has 0 spiro atoms. The molecule has 2 aliphatic carbocycles. The summed E-state index contributed by atoms with van der Waals surface area (Å²) in [6, 6.07) is 2.40. The Hall–Kier alpha value is -2.47. The summed E-state index contributed by atoms with van der Waals surface area (Å²) in [6.45, 7) is 10.7. The molecule has 4 aliphatic rings. The number of nitrogens with one attached hydrogen (secondary N) is 3. The summed E-state index contributed by atoms with van der Waals surface area (Å²) in [5.74, 6) is -0.835. The maximum atomic E-state index is 14.1. The number of halogens is 2. The van der Waals surface area contributed by atoms with Crippen molar-refractivity contribution in [3.63, 3.8) is 0 Å². The first-order valence-electron chi connectivity index (χ1n) is 14.5. The van der Waals surface area contributed by atoms with Gasteiger partial charge in [0.1, 0.15) is 24.2 Å². The van der Waals surface area contributed by atoms with Crippen LogP contribution in [0.25, 0.3) is 0 Å². The molecule has 0 bridgehead atoms. The number of likely N-dealkylation sites (tertiary alicyclic amines) is 1. The highest BCUT2D eigenvalue weighted by Crippen LogP contribution is 2.65. The van der Waals surface area contributed by atoms with Gasteiger partial charge in [0.05, 0.1) is 10.5 Å². The Kier molecular flexibility index (Phi) is 8.28. The lowest BCUT2D eigenvalue weighted by Gasteiger charge is -2.38. The minimum absolute atomic E-state index is 0.0564. The lowest BCUT2D eigenvalue weighted by Crippen LogP contribution is -2.60. The van der Waals surface area contributed by atoms with Crippen molar-refractivity contribution < 1.29 is 28.4 Å². The fourth-order valence-corrected chi connectivity index (χ4v) is 8.95. The van der Waals surface area contributed by atoms with Crippen LogP contribution in [-0.4, -0.2) is 76.9 Å². The number of nitrogens with zero attached hydrogens (tertiary/aromatic N) is 1. The quantitative estimate of drug-likeness (QED) is 0.238. The third-order valence-corrected chi connectivity index (χ3v) is 12.5. The Labute approximate surface area is 257 Å². The fraction of sp³-hybridized carbons (Fsp3) is 0.633. The van der Waals surface area contributed by atoms with Crippen LogP contribution in [0, 0.1) is 34.4 Å². The van der Waals surface area contributed by atoms with Crippen molar-refractivity contribution in [2.45, 2.75) is 65.1 Å². The summed E-state index contributed by atoms with van der Waals surface area (Å²) in [6.07, 6.45) is 1.24. The summed E-state index contributed by atoms with van der Waals surface area (Å²) in [5, 5.41) is 8.53. The van der Waals surface area contributed by atoms with Crippen LogP contribution in [0.5, 0.6) is 0 Å². The van der Waals surface area contributed by atoms with E-state index in [4.69, 9.17) is 0 Å². The maximum absolute atomic E-state index is 14.1. The number of hydrogen-bond acceptors (Lipinski definition) is 5. The van der Waals surface area contributed by atoms with E-state index >= 15 is 0 Å². The van der Waals surface area contributed by atoms with E-state index in [-0.39, 0.29) is 57.7 Å². The monoisotopic (exact) mass is 666 g/mol. The third-order valence-electron chi connectivity index (χ3n) is 9.51. The van der Waals surface area contributed by atoms with Gasteiger partial charge in [0, 0.05) is 30.5 Å². The maximum Gasteiger partial charge on any atom is 0.259 e. The van der Waals surface area contributed by atoms with Crippen LogP contribution >= 0.6 is 26.8 Å². The van der Waals surface area contributed by atoms with Crippen LogP contribution in [0.2, 0.25) is 0 Å². The smallest absolute Gasteiger partial charge is 0.259 e. The molecule has 8 atom stereocenters. The SMILES string of the molecule is CC(C)(C)[C@H](NC(=O)[C@@H]1C[C@H]1c1ccc(Br)c(F)c1)C(=O)N1C[C@H]2[C@@H]([C@H]1C(=O)N[C@H](C=O)C[SH]1CCNC1=O)C2(C)C. The Morgan fingerprint density at radius 3 is 2.55 bits per heavy atom. The average Bonchev–Trinajstić information content (AvgIpc) is 3.67. The van der Waals surface area contributed by atoms with E-state index in [0.29, 0.717) is 36.0 Å². The zero-order chi connectivity index (χ0) is 30.7. The van der Waals surface area contributed by atoms with Crippen LogP contribution in [0.3, 0.4) is 0 Å². The summed E-state index contributed by atoms with van der Waals surface area (Å²) in [7, 11) is -1.04. The summed E-state index contributed by atoms with van der Waals surface area (Å²) < 4.78 is 14.4. The number of aldehydes is 1. The second kappa shape index (κ2) is 11.2. The second-order valence-electron chi connectivity index (χ2n) is 13.7. The number of amides is 4. The van der Waals surface area contributed by atoms with Crippen LogP contribution in [0.1, 0.15) is 52.5 Å². The van der Waals surface area contributed by atoms with Gasteiger partial charge in [-0.2, -0.15) is 10.9 Å². The standard InChI is InChI=1S/C30H40BrFN4O5S/c1-29(2,3)24(35-25(38)18-11-17(18)15-6-7-20(31)21(32)10-15)27(40)36-12-19-22(30(19,4)5)23(36)26(39)34-16(13-37)14-42-9-8-33-28(42)41/h6-7,10,13,16-19,22-24,42H,8-9,11-12,14H2,1-5H3,(H,33,41)(H,34,39)(H,35,38)/t16-,17+,18-,19+,22+,23+,24-/m1/s1. The molecule has 1 aromatic rings. The van der Waals surface area contributed by atoms with Gasteiger partial charge in [0.15, 0.2) is 0 Å². The van der Waals surface area contributed by atoms with Crippen molar-refractivity contribution in [2.75, 3.05) is 24.6 Å². The number of carbonyl (C=O) groups is 5. The molecule has 2 aliphatic heterocycles. The van der Waals surface area contributed by atoms with Gasteiger partial charge in [-0.15, -0.1) is 0 Å². The average molecular weight is 668 g/mol. The molecule has 12 heteroatoms. The molecule has 0 aromatic heterocycles. The molecule has 4 fully saturated rings. The first kappa shape index (κ1) is 31.0. The van der Waals surface area contributed by atoms with Crippen LogP contribution < -0.4 is 16.0 Å². The van der Waals surface area contributed by atoms with Gasteiger partial charge < -0.3 is 25.6 Å². The van der Waals surface area contributed by atoms with E-state index in [2.05, 4.69) is 45.7 Å². The number of benzene rings is 1. The highest BCUT2D eigenvalue weighted by atomic mass is 79.9. The summed E-state index contributed by atoms with van der Waals surface area (Å²) >= 11 is 3.16. The van der Waals surface area contributed by atoms with E-state index in [1.54, 1.807) is 17.0 Å². The molecule has 9 nitrogen and oxygen atoms in total.